The van der Waals surface area contributed by atoms with Gasteiger partial charge in [-0.25, -0.2) is 0 Å². The van der Waals surface area contributed by atoms with Gasteiger partial charge in [-0.2, -0.15) is 0 Å². The number of benzene rings is 1. The van der Waals surface area contributed by atoms with E-state index in [1.807, 2.05) is 30.3 Å². The van der Waals surface area contributed by atoms with Crippen LogP contribution < -0.4 is 4.74 Å². The Hall–Kier alpha value is -1.36. The molecule has 1 saturated heterocycles. The third-order valence-corrected chi connectivity index (χ3v) is 4.50. The highest BCUT2D eigenvalue weighted by molar-refractivity contribution is 6.03. The lowest BCUT2D eigenvalue weighted by Gasteiger charge is -2.28. The predicted octanol–water partition coefficient (Wildman–Crippen LogP) is 2.81. The van der Waals surface area contributed by atoms with Crippen molar-refractivity contribution in [2.75, 3.05) is 40.0 Å². The summed E-state index contributed by atoms with van der Waals surface area (Å²) in [6.07, 6.45) is 3.82. The number of ketones is 1. The number of ether oxygens (including phenoxy) is 2. The van der Waals surface area contributed by atoms with E-state index < -0.39 is 0 Å². The number of morpholine rings is 1. The summed E-state index contributed by atoms with van der Waals surface area (Å²) in [6, 6.07) is 7.84. The fraction of sp³-hybridized carbons (Fsp3) is 0.500. The van der Waals surface area contributed by atoms with Gasteiger partial charge in [0.25, 0.3) is 0 Å². The molecule has 126 valence electrons. The summed E-state index contributed by atoms with van der Waals surface area (Å²) in [6.45, 7) is 4.31. The van der Waals surface area contributed by atoms with Gasteiger partial charge in [0.15, 0.2) is 5.78 Å². The number of rotatable bonds is 4. The molecular formula is C18H24ClNO3. The van der Waals surface area contributed by atoms with Crippen molar-refractivity contribution in [2.24, 2.45) is 5.92 Å². The van der Waals surface area contributed by atoms with Crippen LogP contribution in [0.1, 0.15) is 18.4 Å². The monoisotopic (exact) mass is 337 g/mol. The minimum atomic E-state index is 0. The summed E-state index contributed by atoms with van der Waals surface area (Å²) >= 11 is 0. The summed E-state index contributed by atoms with van der Waals surface area (Å²) in [4.78, 5) is 15.0. The van der Waals surface area contributed by atoms with Crippen LogP contribution in [0.2, 0.25) is 0 Å². The number of para-hydroxylation sites is 1. The van der Waals surface area contributed by atoms with Crippen molar-refractivity contribution >= 4 is 24.3 Å². The van der Waals surface area contributed by atoms with Crippen molar-refractivity contribution in [3.63, 3.8) is 0 Å². The van der Waals surface area contributed by atoms with Gasteiger partial charge in [0, 0.05) is 31.1 Å². The third kappa shape index (κ3) is 4.34. The van der Waals surface area contributed by atoms with Crippen molar-refractivity contribution < 1.29 is 14.3 Å². The largest absolute Gasteiger partial charge is 0.496 e. The van der Waals surface area contributed by atoms with Crippen LogP contribution >= 0.6 is 12.4 Å². The summed E-state index contributed by atoms with van der Waals surface area (Å²) in [5, 5.41) is 0. The minimum absolute atomic E-state index is 0. The smallest absolute Gasteiger partial charge is 0.163 e. The Morgan fingerprint density at radius 1 is 1.30 bits per heavy atom. The number of allylic oxidation sites excluding steroid dienone is 1. The molecule has 0 spiro atoms. The average molecular weight is 338 g/mol. The second-order valence-corrected chi connectivity index (χ2v) is 5.92. The number of Topliss-reactive ketones (excluding diaryl/α,β-unsaturated/α-hetero) is 1. The number of halogens is 1. The highest BCUT2D eigenvalue weighted by Gasteiger charge is 2.31. The Labute approximate surface area is 143 Å². The van der Waals surface area contributed by atoms with E-state index in [0.29, 0.717) is 5.78 Å². The SMILES string of the molecule is COc1ccccc1/C=C1\CCC(CN2CCOCC2)C1=O.Cl. The maximum Gasteiger partial charge on any atom is 0.163 e. The summed E-state index contributed by atoms with van der Waals surface area (Å²) < 4.78 is 10.7. The van der Waals surface area contributed by atoms with Crippen LogP contribution in [0, 0.1) is 5.92 Å². The fourth-order valence-electron chi connectivity index (χ4n) is 3.23. The lowest BCUT2D eigenvalue weighted by atomic mass is 10.0. The minimum Gasteiger partial charge on any atom is -0.496 e. The highest BCUT2D eigenvalue weighted by Crippen LogP contribution is 2.31. The molecule has 3 rings (SSSR count). The Kier molecular flexibility index (Phi) is 6.63. The van der Waals surface area contributed by atoms with E-state index in [1.165, 1.54) is 0 Å². The van der Waals surface area contributed by atoms with Gasteiger partial charge < -0.3 is 9.47 Å². The molecule has 1 unspecified atom stereocenters. The van der Waals surface area contributed by atoms with Crippen LogP contribution in [0.4, 0.5) is 0 Å². The van der Waals surface area contributed by atoms with E-state index in [0.717, 1.165) is 62.6 Å². The summed E-state index contributed by atoms with van der Waals surface area (Å²) in [7, 11) is 1.66. The molecule has 1 aromatic rings. The van der Waals surface area contributed by atoms with Gasteiger partial charge >= 0.3 is 0 Å². The van der Waals surface area contributed by atoms with E-state index in [4.69, 9.17) is 9.47 Å². The van der Waals surface area contributed by atoms with Gasteiger partial charge in [0.2, 0.25) is 0 Å². The van der Waals surface area contributed by atoms with E-state index in [9.17, 15) is 4.79 Å². The van der Waals surface area contributed by atoms with E-state index in [1.54, 1.807) is 7.11 Å². The van der Waals surface area contributed by atoms with Crippen molar-refractivity contribution in [1.82, 2.24) is 4.90 Å². The Morgan fingerprint density at radius 3 is 2.78 bits per heavy atom. The topological polar surface area (TPSA) is 38.8 Å². The molecule has 1 aromatic carbocycles. The molecule has 1 atom stereocenters. The molecule has 23 heavy (non-hydrogen) atoms. The van der Waals surface area contributed by atoms with Crippen LogP contribution in [-0.4, -0.2) is 50.6 Å². The second kappa shape index (κ2) is 8.48. The molecule has 4 nitrogen and oxygen atoms in total. The van der Waals surface area contributed by atoms with E-state index >= 15 is 0 Å². The van der Waals surface area contributed by atoms with Gasteiger partial charge in [0.1, 0.15) is 5.75 Å². The Balaban J connectivity index is 0.00000192. The molecule has 0 bridgehead atoms. The molecule has 0 amide bonds. The van der Waals surface area contributed by atoms with Gasteiger partial charge in [-0.05, 0) is 30.6 Å². The molecule has 0 aromatic heterocycles. The number of methoxy groups -OCH3 is 1. The number of hydrogen-bond acceptors (Lipinski definition) is 4. The molecule has 2 fully saturated rings. The maximum absolute atomic E-state index is 12.6. The maximum atomic E-state index is 12.6. The molecular weight excluding hydrogens is 314 g/mol. The van der Waals surface area contributed by atoms with Gasteiger partial charge in [-0.1, -0.05) is 18.2 Å². The van der Waals surface area contributed by atoms with Crippen LogP contribution in [-0.2, 0) is 9.53 Å². The fourth-order valence-corrected chi connectivity index (χ4v) is 3.23. The zero-order chi connectivity index (χ0) is 15.4. The third-order valence-electron chi connectivity index (χ3n) is 4.50. The first-order valence-electron chi connectivity index (χ1n) is 7.96. The molecule has 1 aliphatic carbocycles. The summed E-state index contributed by atoms with van der Waals surface area (Å²) in [5.41, 5.74) is 1.92. The molecule has 1 saturated carbocycles. The van der Waals surface area contributed by atoms with Crippen LogP contribution in [0.25, 0.3) is 6.08 Å². The van der Waals surface area contributed by atoms with Gasteiger partial charge in [-0.3, -0.25) is 9.69 Å². The Bertz CT molecular complexity index is 567. The van der Waals surface area contributed by atoms with Crippen LogP contribution in [0.15, 0.2) is 29.8 Å². The van der Waals surface area contributed by atoms with E-state index in [2.05, 4.69) is 4.90 Å². The van der Waals surface area contributed by atoms with Crippen LogP contribution in [0.3, 0.4) is 0 Å². The van der Waals surface area contributed by atoms with E-state index in [-0.39, 0.29) is 18.3 Å². The zero-order valence-electron chi connectivity index (χ0n) is 13.5. The van der Waals surface area contributed by atoms with Crippen molar-refractivity contribution in [1.29, 1.82) is 0 Å². The van der Waals surface area contributed by atoms with Gasteiger partial charge in [-0.15, -0.1) is 12.4 Å². The number of carbonyl (C=O) groups excluding carboxylic acids is 1. The average Bonchev–Trinajstić information content (AvgIpc) is 2.90. The molecule has 0 N–H and O–H groups in total. The lowest BCUT2D eigenvalue weighted by Crippen LogP contribution is -2.40. The zero-order valence-corrected chi connectivity index (χ0v) is 14.3. The normalized spacial score (nSPS) is 23.8. The molecule has 1 aliphatic heterocycles. The van der Waals surface area contributed by atoms with Crippen molar-refractivity contribution in [2.45, 2.75) is 12.8 Å². The molecule has 1 heterocycles. The Morgan fingerprint density at radius 2 is 2.04 bits per heavy atom. The molecule has 5 heteroatoms. The lowest BCUT2D eigenvalue weighted by molar-refractivity contribution is -0.118. The first-order chi connectivity index (χ1) is 10.8. The summed E-state index contributed by atoms with van der Waals surface area (Å²) in [5.74, 6) is 1.26. The molecule has 2 aliphatic rings. The van der Waals surface area contributed by atoms with Crippen molar-refractivity contribution in [3.05, 3.63) is 35.4 Å². The second-order valence-electron chi connectivity index (χ2n) is 5.92. The number of nitrogens with zero attached hydrogens (tertiary/aromatic N) is 1. The predicted molar refractivity (Wildman–Crippen MR) is 93.2 cm³/mol. The first kappa shape index (κ1) is 18.0. The number of hydrogen-bond donors (Lipinski definition) is 0. The quantitative estimate of drug-likeness (QED) is 0.792. The van der Waals surface area contributed by atoms with Crippen molar-refractivity contribution in [3.8, 4) is 5.75 Å². The van der Waals surface area contributed by atoms with Crippen LogP contribution in [0.5, 0.6) is 5.75 Å². The van der Waals surface area contributed by atoms with Gasteiger partial charge in [0.05, 0.1) is 20.3 Å². The standard InChI is InChI=1S/C18H23NO3.ClH/c1-21-17-5-3-2-4-14(17)12-15-6-7-16(18(15)20)13-19-8-10-22-11-9-19;/h2-5,12,16H,6-11,13H2,1H3;1H/b15-12+;. The first-order valence-corrected chi connectivity index (χ1v) is 7.96. The highest BCUT2D eigenvalue weighted by atomic mass is 35.5. The molecule has 0 radical (unpaired) electrons. The number of carbonyl (C=O) groups is 1.